The Hall–Kier alpha value is -1.03. The number of rotatable bonds is 1. The summed E-state index contributed by atoms with van der Waals surface area (Å²) < 4.78 is 5.18. The van der Waals surface area contributed by atoms with E-state index in [9.17, 15) is 4.79 Å². The molecular formula is C8H8BrNO2. The van der Waals surface area contributed by atoms with Gasteiger partial charge < -0.3 is 10.5 Å². The summed E-state index contributed by atoms with van der Waals surface area (Å²) in [5.41, 5.74) is 5.69. The van der Waals surface area contributed by atoms with E-state index in [1.165, 1.54) is 7.11 Å². The average Bonchev–Trinajstić information content (AvgIpc) is 2.19. The molecule has 0 aliphatic carbocycles. The van der Waals surface area contributed by atoms with Crippen molar-refractivity contribution in [3.8, 4) is 5.75 Å². The molecule has 0 unspecified atom stereocenters. The van der Waals surface area contributed by atoms with Crippen molar-refractivity contribution in [3.63, 3.8) is 0 Å². The molecule has 1 aromatic carbocycles. The topological polar surface area (TPSA) is 52.3 Å². The number of hydrogen-bond donors (Lipinski definition) is 1. The smallest absolute Gasteiger partial charge is 0.236 e. The van der Waals surface area contributed by atoms with Crippen molar-refractivity contribution in [2.45, 2.75) is 0 Å². The number of methoxy groups -OCH3 is 1. The number of hydrogen-bond acceptors (Lipinski definition) is 3. The van der Waals surface area contributed by atoms with Crippen molar-refractivity contribution in [3.05, 3.63) is 32.9 Å². The van der Waals surface area contributed by atoms with Crippen molar-refractivity contribution < 1.29 is 4.74 Å². The van der Waals surface area contributed by atoms with Crippen LogP contribution in [0.2, 0.25) is 0 Å². The van der Waals surface area contributed by atoms with Gasteiger partial charge in [0.2, 0.25) is 5.43 Å². The number of nitrogen functional groups attached to an aromatic ring is 1. The molecule has 0 aromatic heterocycles. The zero-order valence-corrected chi connectivity index (χ0v) is 8.09. The average molecular weight is 230 g/mol. The van der Waals surface area contributed by atoms with Gasteiger partial charge in [-0.25, -0.2) is 0 Å². The van der Waals surface area contributed by atoms with Crippen LogP contribution in [0.5, 0.6) is 5.75 Å². The predicted molar refractivity (Wildman–Crippen MR) is 51.4 cm³/mol. The minimum atomic E-state index is -0.236. The molecule has 0 fully saturated rings. The Kier molecular flexibility index (Phi) is 2.70. The second kappa shape index (κ2) is 3.58. The summed E-state index contributed by atoms with van der Waals surface area (Å²) in [6, 6.07) is 4.87. The van der Waals surface area contributed by atoms with Gasteiger partial charge in [-0.2, -0.15) is 0 Å². The minimum Gasteiger partial charge on any atom is -0.493 e. The van der Waals surface area contributed by atoms with Gasteiger partial charge >= 0.3 is 0 Å². The molecule has 0 heterocycles. The molecule has 0 radical (unpaired) electrons. The summed E-state index contributed by atoms with van der Waals surface area (Å²) in [6.45, 7) is 0. The van der Waals surface area contributed by atoms with Crippen molar-refractivity contribution in [1.29, 1.82) is 0 Å². The molecule has 3 nitrogen and oxygen atoms in total. The van der Waals surface area contributed by atoms with Gasteiger partial charge in [-0.1, -0.05) is 6.07 Å². The van der Waals surface area contributed by atoms with E-state index >= 15 is 0 Å². The Labute approximate surface area is 78.3 Å². The molecule has 0 bridgehead atoms. The van der Waals surface area contributed by atoms with E-state index in [1.54, 1.807) is 18.2 Å². The molecule has 2 N–H and O–H groups in total. The molecular weight excluding hydrogens is 222 g/mol. The van der Waals surface area contributed by atoms with Gasteiger partial charge in [0.25, 0.3) is 0 Å². The summed E-state index contributed by atoms with van der Waals surface area (Å²) >= 11 is 3.08. The fourth-order valence-corrected chi connectivity index (χ4v) is 1.12. The van der Waals surface area contributed by atoms with E-state index in [-0.39, 0.29) is 11.2 Å². The summed E-state index contributed by atoms with van der Waals surface area (Å²) in [4.78, 5) is 11.4. The van der Waals surface area contributed by atoms with Crippen LogP contribution in [0, 0.1) is 0 Å². The van der Waals surface area contributed by atoms with Crippen LogP contribution in [0.3, 0.4) is 0 Å². The number of ether oxygens (including phenoxy) is 1. The highest BCUT2D eigenvalue weighted by molar-refractivity contribution is 9.10. The molecule has 0 atom stereocenters. The molecule has 12 heavy (non-hydrogen) atoms. The summed E-state index contributed by atoms with van der Waals surface area (Å²) in [5, 5.41) is 0. The Morgan fingerprint density at radius 1 is 1.50 bits per heavy atom. The molecule has 0 saturated heterocycles. The quantitative estimate of drug-likeness (QED) is 0.793. The van der Waals surface area contributed by atoms with E-state index in [0.717, 1.165) is 0 Å². The Morgan fingerprint density at radius 3 is 2.75 bits per heavy atom. The molecule has 0 spiro atoms. The summed E-state index contributed by atoms with van der Waals surface area (Å²) in [7, 11) is 1.44. The molecule has 0 aliphatic heterocycles. The van der Waals surface area contributed by atoms with Gasteiger partial charge in [-0.15, -0.1) is 0 Å². The zero-order valence-electron chi connectivity index (χ0n) is 6.50. The van der Waals surface area contributed by atoms with Crippen LogP contribution < -0.4 is 15.9 Å². The van der Waals surface area contributed by atoms with Crippen LogP contribution in [-0.4, -0.2) is 7.11 Å². The lowest BCUT2D eigenvalue weighted by Crippen LogP contribution is -2.04. The normalized spacial score (nSPS) is 9.50. The lowest BCUT2D eigenvalue weighted by atomic mass is 10.4. The fraction of sp³-hybridized carbons (Fsp3) is 0.125. The first-order valence-corrected chi connectivity index (χ1v) is 4.08. The van der Waals surface area contributed by atoms with Crippen LogP contribution >= 0.6 is 15.9 Å². The molecule has 1 rings (SSSR count). The lowest BCUT2D eigenvalue weighted by Gasteiger charge is -1.92. The highest BCUT2D eigenvalue weighted by Crippen LogP contribution is 2.15. The van der Waals surface area contributed by atoms with Crippen molar-refractivity contribution >= 4 is 21.6 Å². The van der Waals surface area contributed by atoms with E-state index < -0.39 is 0 Å². The van der Waals surface area contributed by atoms with Gasteiger partial charge in [0.05, 0.1) is 11.6 Å². The van der Waals surface area contributed by atoms with Gasteiger partial charge in [-0.3, -0.25) is 4.79 Å². The van der Waals surface area contributed by atoms with Crippen molar-refractivity contribution in [2.75, 3.05) is 12.8 Å². The number of anilines is 1. The second-order valence-corrected chi connectivity index (χ2v) is 2.99. The maximum Gasteiger partial charge on any atom is 0.236 e. The molecule has 1 aromatic rings. The SMILES string of the molecule is COc1cccc(N)c(Br)c1=O. The Bertz CT molecular complexity index is 352. The van der Waals surface area contributed by atoms with Crippen LogP contribution in [0.4, 0.5) is 5.69 Å². The van der Waals surface area contributed by atoms with Crippen LogP contribution in [0.25, 0.3) is 0 Å². The van der Waals surface area contributed by atoms with E-state index in [0.29, 0.717) is 10.2 Å². The van der Waals surface area contributed by atoms with E-state index in [4.69, 9.17) is 10.5 Å². The molecule has 4 heteroatoms. The fourth-order valence-electron chi connectivity index (χ4n) is 0.788. The first-order chi connectivity index (χ1) is 5.66. The molecule has 0 aliphatic rings. The van der Waals surface area contributed by atoms with Crippen molar-refractivity contribution in [2.24, 2.45) is 0 Å². The predicted octanol–water partition coefficient (Wildman–Crippen LogP) is 1.40. The lowest BCUT2D eigenvalue weighted by molar-refractivity contribution is 0.411. The molecule has 64 valence electrons. The van der Waals surface area contributed by atoms with Crippen LogP contribution in [-0.2, 0) is 0 Å². The third-order valence-electron chi connectivity index (χ3n) is 1.42. The first-order valence-electron chi connectivity index (χ1n) is 3.29. The van der Waals surface area contributed by atoms with Crippen molar-refractivity contribution in [1.82, 2.24) is 0 Å². The maximum atomic E-state index is 11.4. The molecule has 0 amide bonds. The Balaban J connectivity index is 3.52. The highest BCUT2D eigenvalue weighted by atomic mass is 79.9. The maximum absolute atomic E-state index is 11.4. The second-order valence-electron chi connectivity index (χ2n) is 2.19. The van der Waals surface area contributed by atoms with E-state index in [2.05, 4.69) is 15.9 Å². The van der Waals surface area contributed by atoms with Gasteiger partial charge in [0.1, 0.15) is 0 Å². The zero-order chi connectivity index (χ0) is 9.14. The number of halogens is 1. The molecule has 0 saturated carbocycles. The number of nitrogens with two attached hydrogens (primary N) is 1. The standard InChI is InChI=1S/C8H8BrNO2/c1-12-6-4-2-3-5(10)7(9)8(6)11/h2-4H,10H2,1H3. The third-order valence-corrected chi connectivity index (χ3v) is 2.24. The highest BCUT2D eigenvalue weighted by Gasteiger charge is 2.03. The monoisotopic (exact) mass is 229 g/mol. The van der Waals surface area contributed by atoms with Crippen LogP contribution in [0.15, 0.2) is 27.5 Å². The minimum absolute atomic E-state index is 0.236. The summed E-state index contributed by atoms with van der Waals surface area (Å²) in [5.74, 6) is 0.276. The van der Waals surface area contributed by atoms with Gasteiger partial charge in [0, 0.05) is 5.69 Å². The Morgan fingerprint density at radius 2 is 2.17 bits per heavy atom. The van der Waals surface area contributed by atoms with E-state index in [1.807, 2.05) is 0 Å². The third kappa shape index (κ3) is 1.58. The van der Waals surface area contributed by atoms with Gasteiger partial charge in [-0.05, 0) is 28.1 Å². The first kappa shape index (κ1) is 9.06. The largest absolute Gasteiger partial charge is 0.493 e. The van der Waals surface area contributed by atoms with Crippen LogP contribution in [0.1, 0.15) is 0 Å². The summed E-state index contributed by atoms with van der Waals surface area (Å²) in [6.07, 6.45) is 0. The van der Waals surface area contributed by atoms with Gasteiger partial charge in [0.15, 0.2) is 5.75 Å².